The van der Waals surface area contributed by atoms with Gasteiger partial charge in [0.05, 0.1) is 5.69 Å². The Morgan fingerprint density at radius 3 is 2.27 bits per heavy atom. The molecule has 0 radical (unpaired) electrons. The molecule has 0 aliphatic rings. The van der Waals surface area contributed by atoms with Crippen LogP contribution >= 0.6 is 15.9 Å². The van der Waals surface area contributed by atoms with Crippen LogP contribution in [0.2, 0.25) is 0 Å². The van der Waals surface area contributed by atoms with E-state index in [-0.39, 0.29) is 0 Å². The van der Waals surface area contributed by atoms with Crippen LogP contribution in [0.5, 0.6) is 0 Å². The topological polar surface area (TPSA) is 68.9 Å². The molecule has 30 heavy (non-hydrogen) atoms. The summed E-state index contributed by atoms with van der Waals surface area (Å²) in [6.45, 7) is 0. The van der Waals surface area contributed by atoms with Crippen molar-refractivity contribution in [3.63, 3.8) is 0 Å². The van der Waals surface area contributed by atoms with E-state index < -0.39 is 0 Å². The first kappa shape index (κ1) is 18.2. The van der Waals surface area contributed by atoms with Crippen molar-refractivity contribution < 1.29 is 0 Å². The molecule has 0 atom stereocenters. The highest BCUT2D eigenvalue weighted by atomic mass is 79.9. The maximum absolute atomic E-state index is 9.44. The summed E-state index contributed by atoms with van der Waals surface area (Å²) in [5.74, 6) is 0.769. The Labute approximate surface area is 181 Å². The first-order valence-electron chi connectivity index (χ1n) is 9.42. The Morgan fingerprint density at radius 2 is 1.53 bits per heavy atom. The van der Waals surface area contributed by atoms with Gasteiger partial charge in [0.25, 0.3) is 0 Å². The summed E-state index contributed by atoms with van der Waals surface area (Å²) in [4.78, 5) is 4.77. The summed E-state index contributed by atoms with van der Waals surface area (Å²) in [6, 6.07) is 28.6. The smallest absolute Gasteiger partial charge is 0.173 e. The number of hydrogen-bond acceptors (Lipinski definition) is 3. The molecule has 0 saturated carbocycles. The van der Waals surface area contributed by atoms with Crippen LogP contribution in [0.15, 0.2) is 89.5 Å². The molecular formula is C24H16BrN5. The zero-order valence-electron chi connectivity index (χ0n) is 15.8. The molecule has 3 aromatic carbocycles. The summed E-state index contributed by atoms with van der Waals surface area (Å²) in [5.41, 5.74) is 6.04. The van der Waals surface area contributed by atoms with Crippen LogP contribution in [0.3, 0.4) is 0 Å². The van der Waals surface area contributed by atoms with E-state index in [1.54, 1.807) is 10.7 Å². The van der Waals surface area contributed by atoms with Gasteiger partial charge in [-0.05, 0) is 39.2 Å². The molecule has 0 aliphatic heterocycles. The number of aromatic amines is 1. The van der Waals surface area contributed by atoms with Gasteiger partial charge in [-0.3, -0.25) is 5.10 Å². The number of nitrogens with one attached hydrogen (secondary N) is 2. The van der Waals surface area contributed by atoms with E-state index in [2.05, 4.69) is 68.8 Å². The maximum atomic E-state index is 9.44. The minimum absolute atomic E-state index is 0.498. The minimum atomic E-state index is 0.498. The van der Waals surface area contributed by atoms with Gasteiger partial charge >= 0.3 is 0 Å². The van der Waals surface area contributed by atoms with E-state index >= 15 is 0 Å². The number of hydrogen-bond donors (Lipinski definition) is 2. The van der Waals surface area contributed by atoms with Gasteiger partial charge in [0.15, 0.2) is 11.5 Å². The third-order valence-corrected chi connectivity index (χ3v) is 5.66. The Morgan fingerprint density at radius 1 is 0.867 bits per heavy atom. The third-order valence-electron chi connectivity index (χ3n) is 4.97. The Bertz CT molecular complexity index is 1380. The number of imidazole rings is 1. The highest BCUT2D eigenvalue weighted by molar-refractivity contribution is 9.10. The van der Waals surface area contributed by atoms with Crippen molar-refractivity contribution in [1.29, 1.82) is 5.26 Å². The number of rotatable bonds is 4. The molecule has 6 heteroatoms. The lowest BCUT2D eigenvalue weighted by molar-refractivity contribution is 0.980. The van der Waals surface area contributed by atoms with Gasteiger partial charge in [0.2, 0.25) is 0 Å². The van der Waals surface area contributed by atoms with Crippen molar-refractivity contribution in [3.05, 3.63) is 95.1 Å². The average Bonchev–Trinajstić information content (AvgIpc) is 3.36. The minimum Gasteiger partial charge on any atom is -0.337 e. The zero-order valence-corrected chi connectivity index (χ0v) is 17.4. The summed E-state index contributed by atoms with van der Waals surface area (Å²) in [5, 5.41) is 16.0. The van der Waals surface area contributed by atoms with Crippen LogP contribution in [0.1, 0.15) is 5.56 Å². The van der Waals surface area contributed by atoms with Crippen molar-refractivity contribution in [3.8, 4) is 28.5 Å². The van der Waals surface area contributed by atoms with Crippen molar-refractivity contribution in [1.82, 2.24) is 14.6 Å². The number of benzene rings is 3. The lowest BCUT2D eigenvalue weighted by Crippen LogP contribution is -1.98. The first-order valence-corrected chi connectivity index (χ1v) is 10.2. The average molecular weight is 454 g/mol. The van der Waals surface area contributed by atoms with E-state index in [4.69, 9.17) is 4.98 Å². The predicted octanol–water partition coefficient (Wildman–Crippen LogP) is 6.37. The predicted molar refractivity (Wildman–Crippen MR) is 123 cm³/mol. The number of nitriles is 1. The number of anilines is 2. The molecular weight excluding hydrogens is 438 g/mol. The van der Waals surface area contributed by atoms with E-state index in [9.17, 15) is 5.26 Å². The van der Waals surface area contributed by atoms with Gasteiger partial charge in [-0.15, -0.1) is 0 Å². The van der Waals surface area contributed by atoms with Crippen LogP contribution in [-0.2, 0) is 0 Å². The molecule has 2 aromatic heterocycles. The molecule has 0 saturated heterocycles. The Balaban J connectivity index is 1.62. The molecule has 0 unspecified atom stereocenters. The van der Waals surface area contributed by atoms with Crippen LogP contribution in [-0.4, -0.2) is 14.6 Å². The molecule has 0 bridgehead atoms. The fourth-order valence-electron chi connectivity index (χ4n) is 3.46. The largest absolute Gasteiger partial charge is 0.337 e. The van der Waals surface area contributed by atoms with Crippen LogP contribution in [0.25, 0.3) is 28.0 Å². The number of para-hydroxylation sites is 1. The Hall–Kier alpha value is -3.82. The zero-order chi connectivity index (χ0) is 20.5. The monoisotopic (exact) mass is 453 g/mol. The fraction of sp³-hybridized carbons (Fsp3) is 0. The molecule has 0 spiro atoms. The number of halogens is 1. The van der Waals surface area contributed by atoms with E-state index in [1.807, 2.05) is 42.5 Å². The van der Waals surface area contributed by atoms with Gasteiger partial charge in [-0.25, -0.2) is 9.50 Å². The molecule has 5 nitrogen and oxygen atoms in total. The van der Waals surface area contributed by atoms with Gasteiger partial charge in [0.1, 0.15) is 17.3 Å². The molecule has 5 aromatic rings. The van der Waals surface area contributed by atoms with Gasteiger partial charge in [-0.2, -0.15) is 5.26 Å². The van der Waals surface area contributed by atoms with E-state index in [0.29, 0.717) is 11.2 Å². The van der Waals surface area contributed by atoms with Crippen LogP contribution < -0.4 is 5.32 Å². The third kappa shape index (κ3) is 3.15. The lowest BCUT2D eigenvalue weighted by atomic mass is 10.0. The highest BCUT2D eigenvalue weighted by Gasteiger charge is 2.19. The molecule has 2 heterocycles. The second-order valence-electron chi connectivity index (χ2n) is 6.82. The van der Waals surface area contributed by atoms with Crippen LogP contribution in [0.4, 0.5) is 11.5 Å². The second-order valence-corrected chi connectivity index (χ2v) is 7.67. The standard InChI is InChI=1S/C24H16BrN5/c25-20-8-4-5-9-21(20)28-24-22(29-23-19(14-26)15-27-30(23)24)18-12-10-17(11-13-18)16-6-2-1-3-7-16/h1-13,15,27-28H. The molecule has 0 aliphatic carbocycles. The quantitative estimate of drug-likeness (QED) is 0.331. The first-order chi connectivity index (χ1) is 14.7. The van der Waals surface area contributed by atoms with Crippen molar-refractivity contribution in [2.75, 3.05) is 5.32 Å². The number of aromatic nitrogens is 3. The van der Waals surface area contributed by atoms with Crippen molar-refractivity contribution >= 4 is 33.1 Å². The number of nitrogens with zero attached hydrogens (tertiary/aromatic N) is 3. The van der Waals surface area contributed by atoms with Gasteiger partial charge < -0.3 is 5.32 Å². The number of H-pyrrole nitrogens is 1. The van der Waals surface area contributed by atoms with E-state index in [0.717, 1.165) is 32.8 Å². The normalized spacial score (nSPS) is 10.8. The maximum Gasteiger partial charge on any atom is 0.173 e. The summed E-state index contributed by atoms with van der Waals surface area (Å²) >= 11 is 3.59. The molecule has 5 rings (SSSR count). The van der Waals surface area contributed by atoms with Crippen LogP contribution in [0, 0.1) is 11.3 Å². The molecule has 0 amide bonds. The van der Waals surface area contributed by atoms with Gasteiger partial charge in [-0.1, -0.05) is 66.7 Å². The highest BCUT2D eigenvalue weighted by Crippen LogP contribution is 2.34. The van der Waals surface area contributed by atoms with E-state index in [1.165, 1.54) is 5.56 Å². The lowest BCUT2D eigenvalue weighted by Gasteiger charge is -2.10. The SMILES string of the molecule is N#Cc1c[nH]n2c(Nc3ccccc3Br)c(-c3ccc(-c4ccccc4)cc3)nc12. The molecule has 2 N–H and O–H groups in total. The molecule has 0 fully saturated rings. The summed E-state index contributed by atoms with van der Waals surface area (Å²) < 4.78 is 2.75. The fourth-order valence-corrected chi connectivity index (χ4v) is 3.84. The summed E-state index contributed by atoms with van der Waals surface area (Å²) in [6.07, 6.45) is 1.66. The summed E-state index contributed by atoms with van der Waals surface area (Å²) in [7, 11) is 0. The Kier molecular flexibility index (Phi) is 4.58. The van der Waals surface area contributed by atoms with Gasteiger partial charge in [0, 0.05) is 16.2 Å². The number of fused-ring (bicyclic) bond motifs is 1. The second kappa shape index (κ2) is 7.54. The van der Waals surface area contributed by atoms with Crippen molar-refractivity contribution in [2.45, 2.75) is 0 Å². The molecule has 144 valence electrons. The van der Waals surface area contributed by atoms with Crippen molar-refractivity contribution in [2.24, 2.45) is 0 Å².